The maximum absolute atomic E-state index is 14.1. The third-order valence-electron chi connectivity index (χ3n) is 2.96. The second kappa shape index (κ2) is 6.98. The van der Waals surface area contributed by atoms with Crippen molar-refractivity contribution in [3.05, 3.63) is 55.1 Å². The third kappa shape index (κ3) is 3.39. The third-order valence-corrected chi connectivity index (χ3v) is 5.04. The highest BCUT2D eigenvalue weighted by Gasteiger charge is 2.21. The van der Waals surface area contributed by atoms with Crippen LogP contribution in [0.25, 0.3) is 0 Å². The monoisotopic (exact) mass is 379 g/mol. The molecule has 0 radical (unpaired) electrons. The number of rotatable bonds is 5. The summed E-state index contributed by atoms with van der Waals surface area (Å²) in [5.74, 6) is -1.10. The van der Waals surface area contributed by atoms with Crippen LogP contribution in [0.5, 0.6) is 0 Å². The van der Waals surface area contributed by atoms with Gasteiger partial charge in [-0.25, -0.2) is 8.78 Å². The lowest BCUT2D eigenvalue weighted by atomic mass is 10.0. The number of benzene rings is 1. The maximum atomic E-state index is 14.1. The van der Waals surface area contributed by atoms with E-state index in [-0.39, 0.29) is 22.5 Å². The molecule has 0 bridgehead atoms. The Morgan fingerprint density at radius 2 is 2.10 bits per heavy atom. The smallest absolute Gasteiger partial charge is 0.143 e. The molecule has 0 aliphatic carbocycles. The van der Waals surface area contributed by atoms with E-state index in [2.05, 4.69) is 21.2 Å². The van der Waals surface area contributed by atoms with E-state index >= 15 is 0 Å². The zero-order chi connectivity index (χ0) is 14.7. The zero-order valence-corrected chi connectivity index (χ0v) is 13.9. The summed E-state index contributed by atoms with van der Waals surface area (Å²) in [6.45, 7) is 2.64. The van der Waals surface area contributed by atoms with E-state index in [1.807, 2.05) is 12.3 Å². The van der Waals surface area contributed by atoms with Crippen LogP contribution >= 0.6 is 38.9 Å². The molecule has 6 heteroatoms. The van der Waals surface area contributed by atoms with Crippen LogP contribution in [0.4, 0.5) is 8.78 Å². The van der Waals surface area contributed by atoms with Gasteiger partial charge in [-0.15, -0.1) is 11.3 Å². The van der Waals surface area contributed by atoms with E-state index in [4.69, 9.17) is 11.6 Å². The maximum Gasteiger partial charge on any atom is 0.143 e. The second-order valence-electron chi connectivity index (χ2n) is 4.27. The highest BCUT2D eigenvalue weighted by Crippen LogP contribution is 2.33. The van der Waals surface area contributed by atoms with Crippen molar-refractivity contribution in [1.29, 1.82) is 0 Å². The van der Waals surface area contributed by atoms with Gasteiger partial charge in [0.05, 0.1) is 9.50 Å². The summed E-state index contributed by atoms with van der Waals surface area (Å²) < 4.78 is 28.2. The van der Waals surface area contributed by atoms with Crippen LogP contribution < -0.4 is 5.32 Å². The Balaban J connectivity index is 2.34. The summed E-state index contributed by atoms with van der Waals surface area (Å²) in [6.07, 6.45) is 0.213. The molecule has 0 fully saturated rings. The average molecular weight is 381 g/mol. The van der Waals surface area contributed by atoms with Crippen molar-refractivity contribution < 1.29 is 8.78 Å². The molecule has 0 aliphatic rings. The lowest BCUT2D eigenvalue weighted by Crippen LogP contribution is -2.23. The molecule has 2 aromatic rings. The normalized spacial score (nSPS) is 12.7. The van der Waals surface area contributed by atoms with Crippen LogP contribution in [0, 0.1) is 11.6 Å². The van der Waals surface area contributed by atoms with Crippen LogP contribution in [0.2, 0.25) is 5.02 Å². The lowest BCUT2D eigenvalue weighted by Gasteiger charge is -2.18. The highest BCUT2D eigenvalue weighted by atomic mass is 79.9. The molecule has 0 saturated carbocycles. The second-order valence-corrected chi connectivity index (χ2v) is 6.48. The van der Waals surface area contributed by atoms with Crippen LogP contribution in [0.1, 0.15) is 23.4 Å². The van der Waals surface area contributed by atoms with Crippen molar-refractivity contribution in [3.63, 3.8) is 0 Å². The van der Waals surface area contributed by atoms with Crippen LogP contribution in [-0.4, -0.2) is 6.54 Å². The van der Waals surface area contributed by atoms with Gasteiger partial charge < -0.3 is 5.32 Å². The van der Waals surface area contributed by atoms with Crippen molar-refractivity contribution in [3.8, 4) is 0 Å². The summed E-state index contributed by atoms with van der Waals surface area (Å²) in [7, 11) is 0. The minimum Gasteiger partial charge on any atom is -0.309 e. The standard InChI is InChI=1S/C14H13BrClF2NS/c1-2-19-12(14-10(16)5-6-20-14)7-8-11(17)4-3-9(15)13(8)18/h3-6,12,19H,2,7H2,1H3. The first kappa shape index (κ1) is 15.9. The van der Waals surface area contributed by atoms with Gasteiger partial charge in [-0.2, -0.15) is 0 Å². The van der Waals surface area contributed by atoms with Gasteiger partial charge in [0.15, 0.2) is 0 Å². The Labute approximate surface area is 134 Å². The van der Waals surface area contributed by atoms with E-state index in [1.54, 1.807) is 6.07 Å². The predicted molar refractivity (Wildman–Crippen MR) is 83.5 cm³/mol. The number of hydrogen-bond acceptors (Lipinski definition) is 2. The number of likely N-dealkylation sites (N-methyl/N-ethyl adjacent to an activating group) is 1. The van der Waals surface area contributed by atoms with Crippen molar-refractivity contribution in [1.82, 2.24) is 5.32 Å². The summed E-state index contributed by atoms with van der Waals surface area (Å²) in [5, 5.41) is 5.72. The van der Waals surface area contributed by atoms with Crippen molar-refractivity contribution in [2.45, 2.75) is 19.4 Å². The van der Waals surface area contributed by atoms with Gasteiger partial charge in [0, 0.05) is 16.5 Å². The Bertz CT molecular complexity index is 603. The first-order chi connectivity index (χ1) is 9.54. The topological polar surface area (TPSA) is 12.0 Å². The molecule has 1 nitrogen and oxygen atoms in total. The van der Waals surface area contributed by atoms with Crippen LogP contribution in [0.3, 0.4) is 0 Å². The van der Waals surface area contributed by atoms with Crippen molar-refractivity contribution in [2.24, 2.45) is 0 Å². The predicted octanol–water partition coefficient (Wildman–Crippen LogP) is 5.34. The Morgan fingerprint density at radius 3 is 2.70 bits per heavy atom. The largest absolute Gasteiger partial charge is 0.309 e. The number of nitrogens with one attached hydrogen (secondary N) is 1. The summed E-state index contributed by atoms with van der Waals surface area (Å²) >= 11 is 10.7. The van der Waals surface area contributed by atoms with Crippen LogP contribution in [-0.2, 0) is 6.42 Å². The van der Waals surface area contributed by atoms with Crippen molar-refractivity contribution in [2.75, 3.05) is 6.54 Å². The minimum atomic E-state index is -0.555. The number of halogens is 4. The van der Waals surface area contributed by atoms with E-state index < -0.39 is 11.6 Å². The summed E-state index contributed by atoms with van der Waals surface area (Å²) in [4.78, 5) is 0.896. The molecule has 108 valence electrons. The SMILES string of the molecule is CCNC(Cc1c(F)ccc(Br)c1F)c1sccc1Cl. The van der Waals surface area contributed by atoms with Gasteiger partial charge in [0.1, 0.15) is 11.6 Å². The average Bonchev–Trinajstić information content (AvgIpc) is 2.84. The molecular formula is C14H13BrClF2NS. The summed E-state index contributed by atoms with van der Waals surface area (Å²) in [5.41, 5.74) is 0.0646. The number of hydrogen-bond donors (Lipinski definition) is 1. The molecule has 1 heterocycles. The Hall–Kier alpha value is -0.490. The minimum absolute atomic E-state index is 0.0646. The fourth-order valence-corrected chi connectivity index (χ4v) is 3.66. The molecule has 0 aliphatic heterocycles. The zero-order valence-electron chi connectivity index (χ0n) is 10.7. The molecular weight excluding hydrogens is 368 g/mol. The van der Waals surface area contributed by atoms with E-state index in [1.165, 1.54) is 23.5 Å². The van der Waals surface area contributed by atoms with Crippen LogP contribution in [0.15, 0.2) is 28.1 Å². The first-order valence-electron chi connectivity index (χ1n) is 6.13. The van der Waals surface area contributed by atoms with Gasteiger partial charge in [-0.05, 0) is 52.5 Å². The van der Waals surface area contributed by atoms with Gasteiger partial charge in [-0.1, -0.05) is 18.5 Å². The molecule has 1 N–H and O–H groups in total. The molecule has 1 aromatic carbocycles. The van der Waals surface area contributed by atoms with Gasteiger partial charge in [-0.3, -0.25) is 0 Å². The molecule has 20 heavy (non-hydrogen) atoms. The molecule has 1 aromatic heterocycles. The highest BCUT2D eigenvalue weighted by molar-refractivity contribution is 9.10. The quantitative estimate of drug-likeness (QED) is 0.691. The molecule has 1 atom stereocenters. The van der Waals surface area contributed by atoms with E-state index in [0.717, 1.165) is 4.88 Å². The van der Waals surface area contributed by atoms with Gasteiger partial charge >= 0.3 is 0 Å². The lowest BCUT2D eigenvalue weighted by molar-refractivity contribution is 0.501. The molecule has 0 spiro atoms. The number of thiophene rings is 1. The first-order valence-corrected chi connectivity index (χ1v) is 8.18. The van der Waals surface area contributed by atoms with Gasteiger partial charge in [0.25, 0.3) is 0 Å². The van der Waals surface area contributed by atoms with Crippen molar-refractivity contribution >= 4 is 38.9 Å². The fourth-order valence-electron chi connectivity index (χ4n) is 2.02. The van der Waals surface area contributed by atoms with E-state index in [0.29, 0.717) is 11.6 Å². The Morgan fingerprint density at radius 1 is 1.35 bits per heavy atom. The fraction of sp³-hybridized carbons (Fsp3) is 0.286. The Kier molecular flexibility index (Phi) is 5.55. The molecule has 0 saturated heterocycles. The molecule has 0 amide bonds. The molecule has 2 rings (SSSR count). The molecule has 1 unspecified atom stereocenters. The summed E-state index contributed by atoms with van der Waals surface area (Å²) in [6, 6.07) is 4.22. The van der Waals surface area contributed by atoms with Gasteiger partial charge in [0.2, 0.25) is 0 Å². The van der Waals surface area contributed by atoms with E-state index in [9.17, 15) is 8.78 Å².